The van der Waals surface area contributed by atoms with E-state index in [9.17, 15) is 9.59 Å². The number of benzene rings is 1. The quantitative estimate of drug-likeness (QED) is 0.463. The van der Waals surface area contributed by atoms with Crippen LogP contribution in [0.5, 0.6) is 5.75 Å². The van der Waals surface area contributed by atoms with Gasteiger partial charge >= 0.3 is 6.16 Å². The second-order valence-corrected chi connectivity index (χ2v) is 7.74. The van der Waals surface area contributed by atoms with Crippen molar-refractivity contribution in [2.75, 3.05) is 37.4 Å². The Hall–Kier alpha value is -2.92. The van der Waals surface area contributed by atoms with E-state index in [0.29, 0.717) is 19.4 Å². The molecule has 1 aliphatic carbocycles. The van der Waals surface area contributed by atoms with Gasteiger partial charge in [-0.25, -0.2) is 13.6 Å². The largest absolute Gasteiger partial charge is 0.511 e. The molecule has 4 N–H and O–H groups in total. The van der Waals surface area contributed by atoms with Crippen molar-refractivity contribution in [3.05, 3.63) is 28.1 Å². The Kier molecular flexibility index (Phi) is 5.48. The van der Waals surface area contributed by atoms with Gasteiger partial charge in [0.2, 0.25) is 5.43 Å². The first kappa shape index (κ1) is 21.3. The summed E-state index contributed by atoms with van der Waals surface area (Å²) in [7, 11) is 1.75. The van der Waals surface area contributed by atoms with E-state index in [1.54, 1.807) is 7.05 Å². The third-order valence-corrected chi connectivity index (χ3v) is 5.80. The van der Waals surface area contributed by atoms with Crippen molar-refractivity contribution >= 4 is 28.4 Å². The minimum Gasteiger partial charge on any atom is -0.449 e. The van der Waals surface area contributed by atoms with Gasteiger partial charge in [-0.3, -0.25) is 4.79 Å². The summed E-state index contributed by atoms with van der Waals surface area (Å²) in [6.45, 7) is 2.82. The highest BCUT2D eigenvalue weighted by atomic mass is 19.1. The zero-order valence-corrected chi connectivity index (χ0v) is 17.2. The lowest BCUT2D eigenvalue weighted by molar-refractivity contribution is 0.0612. The molecule has 4 rings (SSSR count). The molecule has 0 bridgehead atoms. The minimum atomic E-state index is -1.70. The summed E-state index contributed by atoms with van der Waals surface area (Å²) in [4.78, 5) is 25.3. The smallest absolute Gasteiger partial charge is 0.449 e. The van der Waals surface area contributed by atoms with E-state index in [4.69, 9.17) is 15.6 Å². The van der Waals surface area contributed by atoms with Gasteiger partial charge in [-0.1, -0.05) is 0 Å². The van der Waals surface area contributed by atoms with E-state index in [2.05, 4.69) is 10.1 Å². The molecule has 1 aromatic carbocycles. The zero-order valence-electron chi connectivity index (χ0n) is 17.2. The fourth-order valence-corrected chi connectivity index (χ4v) is 4.23. The number of nitrogens with zero attached hydrogens (tertiary/aromatic N) is 2. The van der Waals surface area contributed by atoms with Gasteiger partial charge in [0, 0.05) is 25.7 Å². The van der Waals surface area contributed by atoms with Crippen LogP contribution in [-0.2, 0) is 4.74 Å². The average Bonchev–Trinajstić information content (AvgIpc) is 3.49. The van der Waals surface area contributed by atoms with Crippen molar-refractivity contribution in [2.24, 2.45) is 0 Å². The molecule has 2 aliphatic rings. The van der Waals surface area contributed by atoms with Crippen LogP contribution in [0.2, 0.25) is 0 Å². The van der Waals surface area contributed by atoms with Crippen LogP contribution < -0.4 is 26.1 Å². The molecule has 1 saturated heterocycles. The average molecular weight is 438 g/mol. The number of carboxylic acid groups (broad SMARTS) is 1. The van der Waals surface area contributed by atoms with Gasteiger partial charge in [0.25, 0.3) is 0 Å². The first-order valence-electron chi connectivity index (χ1n) is 10.1. The topological polar surface area (TPSA) is 119 Å². The number of carbonyl (C=O) groups is 1. The van der Waals surface area contributed by atoms with Crippen molar-refractivity contribution in [1.29, 1.82) is 0 Å². The molecule has 2 aromatic rings. The zero-order chi connectivity index (χ0) is 22.4. The van der Waals surface area contributed by atoms with Crippen molar-refractivity contribution < 1.29 is 28.2 Å². The molecule has 11 heteroatoms. The van der Waals surface area contributed by atoms with Crippen LogP contribution in [0, 0.1) is 11.6 Å². The highest BCUT2D eigenvalue weighted by Crippen LogP contribution is 2.42. The minimum absolute atomic E-state index is 0.146. The molecular formula is C20H24F2N4O5. The Morgan fingerprint density at radius 1 is 1.32 bits per heavy atom. The summed E-state index contributed by atoms with van der Waals surface area (Å²) in [6.07, 6.45) is 0.585. The Morgan fingerprint density at radius 3 is 2.61 bits per heavy atom. The Bertz CT molecular complexity index is 1100. The summed E-state index contributed by atoms with van der Waals surface area (Å²) in [5.74, 6) is -2.53. The maximum Gasteiger partial charge on any atom is 0.511 e. The first-order valence-corrected chi connectivity index (χ1v) is 10.1. The van der Waals surface area contributed by atoms with Crippen LogP contribution in [0.25, 0.3) is 10.9 Å². The molecule has 0 radical (unpaired) electrons. The van der Waals surface area contributed by atoms with Crippen molar-refractivity contribution in [3.8, 4) is 5.75 Å². The summed E-state index contributed by atoms with van der Waals surface area (Å²) < 4.78 is 42.8. The molecule has 2 fully saturated rings. The lowest BCUT2D eigenvalue weighted by atomic mass is 10.1. The summed E-state index contributed by atoms with van der Waals surface area (Å²) >= 11 is 0. The predicted octanol–water partition coefficient (Wildman–Crippen LogP) is 2.07. The number of anilines is 2. The van der Waals surface area contributed by atoms with E-state index in [1.807, 2.05) is 6.92 Å². The maximum atomic E-state index is 15.8. The summed E-state index contributed by atoms with van der Waals surface area (Å²) in [6, 6.07) is -0.307. The Morgan fingerprint density at radius 2 is 2.03 bits per heavy atom. The van der Waals surface area contributed by atoms with Crippen molar-refractivity contribution in [1.82, 2.24) is 9.88 Å². The van der Waals surface area contributed by atoms with Gasteiger partial charge in [0.1, 0.15) is 5.69 Å². The molecule has 9 nitrogen and oxygen atoms in total. The highest BCUT2D eigenvalue weighted by molar-refractivity contribution is 5.96. The molecule has 0 amide bonds. The Labute approximate surface area is 176 Å². The molecule has 1 aliphatic heterocycles. The number of nitrogens with one attached hydrogen (secondary N) is 1. The van der Waals surface area contributed by atoms with E-state index in [-0.39, 0.29) is 42.5 Å². The van der Waals surface area contributed by atoms with Crippen LogP contribution in [0.1, 0.15) is 25.8 Å². The lowest BCUT2D eigenvalue weighted by Crippen LogP contribution is -2.38. The number of fused-ring (bicyclic) bond motifs is 1. The van der Waals surface area contributed by atoms with Gasteiger partial charge < -0.3 is 35.1 Å². The van der Waals surface area contributed by atoms with Crippen LogP contribution >= 0.6 is 0 Å². The Balaban J connectivity index is 1.93. The lowest BCUT2D eigenvalue weighted by Gasteiger charge is -2.23. The highest BCUT2D eigenvalue weighted by Gasteiger charge is 2.38. The number of nitrogens with two attached hydrogens (primary N) is 1. The maximum absolute atomic E-state index is 15.8. The normalized spacial score (nSPS) is 21.1. The SMILES string of the molecule is CCO[C@@H]1CN(c2c(F)c(N)c3c(=O)c(OC(=O)O)cn(C4CC4)c3c2F)C[C@@H]1NC. The van der Waals surface area contributed by atoms with Crippen molar-refractivity contribution in [3.63, 3.8) is 0 Å². The number of rotatable bonds is 6. The molecular weight excluding hydrogens is 414 g/mol. The summed E-state index contributed by atoms with van der Waals surface area (Å²) in [5, 5.41) is 11.6. The number of likely N-dealkylation sites (N-methyl/N-ethyl adjacent to an activating group) is 1. The van der Waals surface area contributed by atoms with E-state index >= 15 is 8.78 Å². The fraction of sp³-hybridized carbons (Fsp3) is 0.500. The molecule has 0 spiro atoms. The van der Waals surface area contributed by atoms with E-state index in [0.717, 1.165) is 6.20 Å². The molecule has 2 atom stereocenters. The van der Waals surface area contributed by atoms with Gasteiger partial charge in [-0.05, 0) is 26.8 Å². The molecule has 1 saturated carbocycles. The van der Waals surface area contributed by atoms with Crippen LogP contribution in [0.3, 0.4) is 0 Å². The van der Waals surface area contributed by atoms with Crippen LogP contribution in [0.4, 0.5) is 25.0 Å². The second kappa shape index (κ2) is 7.97. The second-order valence-electron chi connectivity index (χ2n) is 7.74. The monoisotopic (exact) mass is 438 g/mol. The molecule has 2 heterocycles. The van der Waals surface area contributed by atoms with Crippen molar-refractivity contribution in [2.45, 2.75) is 38.0 Å². The fourth-order valence-electron chi connectivity index (χ4n) is 4.23. The molecule has 0 unspecified atom stereocenters. The van der Waals surface area contributed by atoms with Gasteiger partial charge in [0.05, 0.1) is 34.9 Å². The van der Waals surface area contributed by atoms with Crippen LogP contribution in [0.15, 0.2) is 11.0 Å². The third kappa shape index (κ3) is 3.57. The number of aromatic nitrogens is 1. The number of pyridine rings is 1. The standard InChI is InChI=1S/C20H24F2N4O5/c1-3-30-11-7-25(6-10(11)24-2)18-14(21)16(23)13-17(15(18)22)26(9-4-5-9)8-12(19(13)27)31-20(28)29/h8-11,24H,3-7,23H2,1-2H3,(H,28,29)/t10-,11+/m0/s1. The van der Waals surface area contributed by atoms with E-state index in [1.165, 1.54) is 9.47 Å². The number of hydrogen-bond acceptors (Lipinski definition) is 7. The number of halogens is 2. The number of hydrogen-bond donors (Lipinski definition) is 3. The summed E-state index contributed by atoms with van der Waals surface area (Å²) in [5.41, 5.74) is 3.98. The number of ether oxygens (including phenoxy) is 2. The molecule has 1 aromatic heterocycles. The third-order valence-electron chi connectivity index (χ3n) is 5.80. The van der Waals surface area contributed by atoms with E-state index < -0.39 is 40.0 Å². The van der Waals surface area contributed by atoms with Gasteiger partial charge in [-0.2, -0.15) is 0 Å². The predicted molar refractivity (Wildman–Crippen MR) is 110 cm³/mol. The van der Waals surface area contributed by atoms with Gasteiger partial charge in [-0.15, -0.1) is 0 Å². The number of nitrogen functional groups attached to an aromatic ring is 1. The first-order chi connectivity index (χ1) is 14.8. The molecule has 31 heavy (non-hydrogen) atoms. The molecule has 168 valence electrons. The van der Waals surface area contributed by atoms with Crippen LogP contribution in [-0.4, -0.2) is 54.7 Å². The van der Waals surface area contributed by atoms with Gasteiger partial charge in [0.15, 0.2) is 17.4 Å².